The lowest BCUT2D eigenvalue weighted by Crippen LogP contribution is -2.10. The predicted molar refractivity (Wildman–Crippen MR) is 113 cm³/mol. The second-order valence-electron chi connectivity index (χ2n) is 7.16. The summed E-state index contributed by atoms with van der Waals surface area (Å²) in [5.74, 6) is 2.36. The topological polar surface area (TPSA) is 61.3 Å². The fourth-order valence-corrected chi connectivity index (χ4v) is 3.22. The van der Waals surface area contributed by atoms with Crippen molar-refractivity contribution in [2.24, 2.45) is 5.73 Å². The molecule has 0 aliphatic carbocycles. The summed E-state index contributed by atoms with van der Waals surface area (Å²) in [7, 11) is 0. The van der Waals surface area contributed by atoms with E-state index in [4.69, 9.17) is 14.9 Å². The molecule has 0 aliphatic rings. The van der Waals surface area contributed by atoms with Gasteiger partial charge in [-0.2, -0.15) is 0 Å². The summed E-state index contributed by atoms with van der Waals surface area (Å²) in [5, 5.41) is 0. The maximum absolute atomic E-state index is 6.27. The number of nitrogens with zero attached hydrogens (tertiary/aromatic N) is 1. The van der Waals surface area contributed by atoms with Gasteiger partial charge in [-0.1, -0.05) is 56.5 Å². The Balaban J connectivity index is 1.51. The molecule has 3 rings (SSSR count). The molecule has 0 radical (unpaired) electrons. The molecule has 0 amide bonds. The van der Waals surface area contributed by atoms with Crippen LogP contribution < -0.4 is 10.5 Å². The Morgan fingerprint density at radius 3 is 2.50 bits per heavy atom. The van der Waals surface area contributed by atoms with Gasteiger partial charge in [0, 0.05) is 18.0 Å². The highest BCUT2D eigenvalue weighted by Crippen LogP contribution is 2.23. The molecule has 4 heteroatoms. The minimum atomic E-state index is 0.106. The first kappa shape index (κ1) is 20.2. The molecule has 0 unspecified atom stereocenters. The minimum Gasteiger partial charge on any atom is -0.493 e. The second kappa shape index (κ2) is 10.1. The van der Waals surface area contributed by atoms with E-state index < -0.39 is 0 Å². The van der Waals surface area contributed by atoms with E-state index in [1.165, 1.54) is 24.8 Å². The van der Waals surface area contributed by atoms with Crippen molar-refractivity contribution < 1.29 is 9.15 Å². The fraction of sp³-hybridized carbons (Fsp3) is 0.375. The maximum Gasteiger partial charge on any atom is 0.226 e. The van der Waals surface area contributed by atoms with Gasteiger partial charge in [0.15, 0.2) is 0 Å². The van der Waals surface area contributed by atoms with Crippen LogP contribution >= 0.6 is 0 Å². The SMILES string of the molecule is CCCCC[C@H](N)c1ccc(OCCc2nc(-c3ccccc3)oc2C)cc1. The number of rotatable bonds is 10. The first-order valence-electron chi connectivity index (χ1n) is 10.2. The monoisotopic (exact) mass is 378 g/mol. The van der Waals surface area contributed by atoms with Crippen LogP contribution in [0.5, 0.6) is 5.75 Å². The Bertz CT molecular complexity index is 841. The van der Waals surface area contributed by atoms with Crippen LogP contribution in [0.4, 0.5) is 0 Å². The average Bonchev–Trinajstić information content (AvgIpc) is 3.10. The Kier molecular flexibility index (Phi) is 7.26. The standard InChI is InChI=1S/C24H30N2O2/c1-3-4-6-11-22(25)19-12-14-21(15-13-19)27-17-16-23-18(2)28-24(26-23)20-9-7-5-8-10-20/h5,7-10,12-15,22H,3-4,6,11,16-17,25H2,1-2H3/t22-/m0/s1. The molecule has 0 aliphatic heterocycles. The number of nitrogens with two attached hydrogens (primary N) is 1. The van der Waals surface area contributed by atoms with Crippen LogP contribution in [0, 0.1) is 6.92 Å². The van der Waals surface area contributed by atoms with Crippen molar-refractivity contribution in [2.45, 2.75) is 52.0 Å². The summed E-state index contributed by atoms with van der Waals surface area (Å²) in [6, 6.07) is 18.2. The van der Waals surface area contributed by atoms with Crippen molar-refractivity contribution in [2.75, 3.05) is 6.61 Å². The Morgan fingerprint density at radius 2 is 1.79 bits per heavy atom. The quantitative estimate of drug-likeness (QED) is 0.449. The first-order chi connectivity index (χ1) is 13.7. The van der Waals surface area contributed by atoms with Crippen LogP contribution in [-0.4, -0.2) is 11.6 Å². The number of hydrogen-bond donors (Lipinski definition) is 1. The van der Waals surface area contributed by atoms with Crippen LogP contribution in [0.1, 0.15) is 55.7 Å². The van der Waals surface area contributed by atoms with Crippen molar-refractivity contribution in [1.29, 1.82) is 0 Å². The number of benzene rings is 2. The zero-order valence-corrected chi connectivity index (χ0v) is 16.9. The van der Waals surface area contributed by atoms with Gasteiger partial charge in [-0.05, 0) is 43.2 Å². The van der Waals surface area contributed by atoms with Gasteiger partial charge in [-0.25, -0.2) is 4.98 Å². The zero-order chi connectivity index (χ0) is 19.8. The normalized spacial score (nSPS) is 12.1. The summed E-state index contributed by atoms with van der Waals surface area (Å²) >= 11 is 0. The van der Waals surface area contributed by atoms with E-state index in [-0.39, 0.29) is 6.04 Å². The van der Waals surface area contributed by atoms with Crippen molar-refractivity contribution in [3.63, 3.8) is 0 Å². The van der Waals surface area contributed by atoms with E-state index in [9.17, 15) is 0 Å². The maximum atomic E-state index is 6.27. The molecule has 0 bridgehead atoms. The number of aryl methyl sites for hydroxylation is 1. The lowest BCUT2D eigenvalue weighted by Gasteiger charge is -2.12. The van der Waals surface area contributed by atoms with Crippen molar-refractivity contribution in [3.8, 4) is 17.2 Å². The van der Waals surface area contributed by atoms with E-state index in [0.717, 1.165) is 29.2 Å². The lowest BCUT2D eigenvalue weighted by atomic mass is 10.0. The number of unbranched alkanes of at least 4 members (excludes halogenated alkanes) is 2. The van der Waals surface area contributed by atoms with E-state index in [0.29, 0.717) is 18.9 Å². The van der Waals surface area contributed by atoms with Crippen molar-refractivity contribution in [1.82, 2.24) is 4.98 Å². The second-order valence-corrected chi connectivity index (χ2v) is 7.16. The molecule has 0 fully saturated rings. The number of hydrogen-bond acceptors (Lipinski definition) is 4. The van der Waals surface area contributed by atoms with Gasteiger partial charge >= 0.3 is 0 Å². The summed E-state index contributed by atoms with van der Waals surface area (Å²) in [5.41, 5.74) is 9.37. The lowest BCUT2D eigenvalue weighted by molar-refractivity contribution is 0.319. The minimum absolute atomic E-state index is 0.106. The first-order valence-corrected chi connectivity index (χ1v) is 10.2. The highest BCUT2D eigenvalue weighted by atomic mass is 16.5. The summed E-state index contributed by atoms with van der Waals surface area (Å²) < 4.78 is 11.7. The zero-order valence-electron chi connectivity index (χ0n) is 16.9. The highest BCUT2D eigenvalue weighted by Gasteiger charge is 2.11. The summed E-state index contributed by atoms with van der Waals surface area (Å²) in [6.45, 7) is 4.72. The van der Waals surface area contributed by atoms with Gasteiger partial charge in [0.2, 0.25) is 5.89 Å². The molecular weight excluding hydrogens is 348 g/mol. The van der Waals surface area contributed by atoms with Crippen LogP contribution in [0.15, 0.2) is 59.0 Å². The van der Waals surface area contributed by atoms with Gasteiger partial charge in [0.1, 0.15) is 11.5 Å². The molecule has 2 N–H and O–H groups in total. The molecule has 0 saturated heterocycles. The molecule has 4 nitrogen and oxygen atoms in total. The summed E-state index contributed by atoms with van der Waals surface area (Å²) in [4.78, 5) is 4.62. The number of ether oxygens (including phenoxy) is 1. The number of aromatic nitrogens is 1. The van der Waals surface area contributed by atoms with E-state index in [1.807, 2.05) is 49.4 Å². The Labute approximate surface area is 167 Å². The molecule has 1 heterocycles. The molecule has 0 saturated carbocycles. The van der Waals surface area contributed by atoms with Crippen LogP contribution in [-0.2, 0) is 6.42 Å². The predicted octanol–water partition coefficient (Wildman–Crippen LogP) is 5.85. The van der Waals surface area contributed by atoms with Crippen LogP contribution in [0.3, 0.4) is 0 Å². The van der Waals surface area contributed by atoms with Crippen molar-refractivity contribution >= 4 is 0 Å². The van der Waals surface area contributed by atoms with Crippen LogP contribution in [0.25, 0.3) is 11.5 Å². The fourth-order valence-electron chi connectivity index (χ4n) is 3.22. The van der Waals surface area contributed by atoms with Gasteiger partial charge < -0.3 is 14.9 Å². The smallest absolute Gasteiger partial charge is 0.226 e. The van der Waals surface area contributed by atoms with E-state index in [1.54, 1.807) is 0 Å². The van der Waals surface area contributed by atoms with Gasteiger partial charge in [-0.15, -0.1) is 0 Å². The van der Waals surface area contributed by atoms with Gasteiger partial charge in [0.25, 0.3) is 0 Å². The molecule has 148 valence electrons. The molecule has 0 spiro atoms. The Hall–Kier alpha value is -2.59. The molecule has 28 heavy (non-hydrogen) atoms. The third-order valence-electron chi connectivity index (χ3n) is 4.95. The molecule has 3 aromatic rings. The van der Waals surface area contributed by atoms with E-state index >= 15 is 0 Å². The molecule has 2 aromatic carbocycles. The van der Waals surface area contributed by atoms with E-state index in [2.05, 4.69) is 24.0 Å². The third-order valence-corrected chi connectivity index (χ3v) is 4.95. The number of oxazole rings is 1. The van der Waals surface area contributed by atoms with Crippen molar-refractivity contribution in [3.05, 3.63) is 71.6 Å². The van der Waals surface area contributed by atoms with Gasteiger partial charge in [0.05, 0.1) is 12.3 Å². The average molecular weight is 379 g/mol. The molecule has 1 atom stereocenters. The summed E-state index contributed by atoms with van der Waals surface area (Å²) in [6.07, 6.45) is 5.38. The third kappa shape index (κ3) is 5.46. The Morgan fingerprint density at radius 1 is 1.04 bits per heavy atom. The molecule has 1 aromatic heterocycles. The highest BCUT2D eigenvalue weighted by molar-refractivity contribution is 5.53. The largest absolute Gasteiger partial charge is 0.493 e. The molecular formula is C24H30N2O2. The van der Waals surface area contributed by atoms with Crippen LogP contribution in [0.2, 0.25) is 0 Å². The van der Waals surface area contributed by atoms with Gasteiger partial charge in [-0.3, -0.25) is 0 Å².